The highest BCUT2D eigenvalue weighted by Crippen LogP contribution is 2.53. The predicted molar refractivity (Wildman–Crippen MR) is 150 cm³/mol. The molecule has 1 heterocycles. The number of anilines is 1. The summed E-state index contributed by atoms with van der Waals surface area (Å²) in [6.07, 6.45) is 1.60. The van der Waals surface area contributed by atoms with Crippen molar-refractivity contribution in [1.29, 1.82) is 0 Å². The molecular formula is C27H25IN4O8. The van der Waals surface area contributed by atoms with E-state index in [1.165, 1.54) is 33.6 Å². The summed E-state index contributed by atoms with van der Waals surface area (Å²) < 4.78 is -0.536. The molecule has 0 unspecified atom stereocenters. The number of Topliss-reactive ketones (excluding diaryl/α,β-unsaturated/α-hetero) is 2. The number of aliphatic hydroxyl groups is 3. The van der Waals surface area contributed by atoms with E-state index in [0.717, 1.165) is 0 Å². The quantitative estimate of drug-likeness (QED) is 0.0928. The van der Waals surface area contributed by atoms with Crippen molar-refractivity contribution < 1.29 is 39.6 Å². The molecule has 2 aromatic rings. The van der Waals surface area contributed by atoms with Gasteiger partial charge in [0.15, 0.2) is 17.1 Å². The van der Waals surface area contributed by atoms with Gasteiger partial charge in [-0.25, -0.2) is 0 Å². The first kappa shape index (κ1) is 27.7. The minimum atomic E-state index is -2.74. The Morgan fingerprint density at radius 3 is 2.48 bits per heavy atom. The van der Waals surface area contributed by atoms with Gasteiger partial charge in [0.2, 0.25) is 5.78 Å². The zero-order valence-corrected chi connectivity index (χ0v) is 23.5. The topological polar surface area (TPSA) is 203 Å². The number of halogens is 1. The highest BCUT2D eigenvalue weighted by molar-refractivity contribution is 14.1. The maximum absolute atomic E-state index is 14.0. The van der Waals surface area contributed by atoms with Gasteiger partial charge in [0, 0.05) is 45.8 Å². The van der Waals surface area contributed by atoms with E-state index < -0.39 is 67.7 Å². The smallest absolute Gasteiger partial charge is 0.285 e. The SMILES string of the molecule is CN(C)[C@@H]1C(O)=C(C(N)=O)C(=O)[C@@]2(O)C(O)=C3C(=O)c4c(O)c(NC(=O)I)cc(-c5ccccn5)c4C[C@H]3C[C@@H]12. The van der Waals surface area contributed by atoms with E-state index >= 15 is 0 Å². The van der Waals surface area contributed by atoms with Gasteiger partial charge >= 0.3 is 0 Å². The number of phenolic OH excluding ortho intramolecular Hbond substituents is 1. The molecule has 0 fully saturated rings. The number of primary amides is 1. The van der Waals surface area contributed by atoms with E-state index in [1.807, 2.05) is 0 Å². The molecular weight excluding hydrogens is 635 g/mol. The number of benzene rings is 1. The largest absolute Gasteiger partial charge is 0.510 e. The van der Waals surface area contributed by atoms with Crippen LogP contribution >= 0.6 is 22.6 Å². The molecule has 0 bridgehead atoms. The molecule has 1 aromatic carbocycles. The third-order valence-electron chi connectivity index (χ3n) is 7.90. The van der Waals surface area contributed by atoms with Crippen molar-refractivity contribution in [2.24, 2.45) is 17.6 Å². The lowest BCUT2D eigenvalue weighted by atomic mass is 9.58. The molecule has 0 spiro atoms. The zero-order valence-electron chi connectivity index (χ0n) is 21.3. The summed E-state index contributed by atoms with van der Waals surface area (Å²) >= 11 is 1.48. The van der Waals surface area contributed by atoms with E-state index in [-0.39, 0.29) is 29.7 Å². The Kier molecular flexibility index (Phi) is 6.71. The number of nitrogens with zero attached hydrogens (tertiary/aromatic N) is 2. The van der Waals surface area contributed by atoms with Crippen molar-refractivity contribution in [3.63, 3.8) is 0 Å². The molecule has 3 aliphatic rings. The van der Waals surface area contributed by atoms with Crippen LogP contribution in [0, 0.1) is 11.8 Å². The summed E-state index contributed by atoms with van der Waals surface area (Å²) in [7, 11) is 3.13. The Balaban J connectivity index is 1.77. The number of aromatic hydroxyl groups is 1. The van der Waals surface area contributed by atoms with E-state index in [1.54, 1.807) is 38.5 Å². The molecule has 0 saturated carbocycles. The normalized spacial score (nSPS) is 25.9. The monoisotopic (exact) mass is 660 g/mol. The maximum Gasteiger partial charge on any atom is 0.285 e. The van der Waals surface area contributed by atoms with Crippen molar-refractivity contribution in [1.82, 2.24) is 9.88 Å². The molecule has 0 radical (unpaired) electrons. The summed E-state index contributed by atoms with van der Waals surface area (Å²) in [5.41, 5.74) is 2.50. The number of likely N-dealkylation sites (N-methyl/N-ethyl adjacent to an activating group) is 1. The number of allylic oxidation sites excluding steroid dienone is 1. The number of nitrogens with two attached hydrogens (primary N) is 1. The van der Waals surface area contributed by atoms with Crippen LogP contribution in [0.2, 0.25) is 0 Å². The third-order valence-corrected chi connectivity index (χ3v) is 8.17. The fourth-order valence-corrected chi connectivity index (χ4v) is 6.56. The van der Waals surface area contributed by atoms with Crippen molar-refractivity contribution in [2.45, 2.75) is 24.5 Å². The summed E-state index contributed by atoms with van der Waals surface area (Å²) in [5, 5.41) is 47.7. The van der Waals surface area contributed by atoms with Crippen LogP contribution in [-0.2, 0) is 16.0 Å². The lowest BCUT2D eigenvalue weighted by Gasteiger charge is -2.50. The molecule has 13 heteroatoms. The second-order valence-corrected chi connectivity index (χ2v) is 11.2. The van der Waals surface area contributed by atoms with E-state index in [2.05, 4.69) is 10.3 Å². The van der Waals surface area contributed by atoms with Gasteiger partial charge in [0.05, 0.1) is 23.0 Å². The van der Waals surface area contributed by atoms with Gasteiger partial charge in [-0.2, -0.15) is 0 Å². The van der Waals surface area contributed by atoms with Crippen LogP contribution in [0.5, 0.6) is 5.75 Å². The Morgan fingerprint density at radius 2 is 1.90 bits per heavy atom. The number of carbonyl (C=O) groups is 4. The minimum absolute atomic E-state index is 0.0413. The number of nitrogens with one attached hydrogen (secondary N) is 1. The van der Waals surface area contributed by atoms with Gasteiger partial charge in [0.25, 0.3) is 9.82 Å². The van der Waals surface area contributed by atoms with E-state index in [4.69, 9.17) is 5.73 Å². The van der Waals surface area contributed by atoms with Crippen LogP contribution in [0.25, 0.3) is 11.3 Å². The molecule has 3 aliphatic carbocycles. The molecule has 5 rings (SSSR count). The Hall–Kier alpha value is -3.82. The van der Waals surface area contributed by atoms with Crippen LogP contribution in [0.15, 0.2) is 53.1 Å². The summed E-state index contributed by atoms with van der Waals surface area (Å²) in [4.78, 5) is 57.3. The lowest BCUT2D eigenvalue weighted by Crippen LogP contribution is -2.63. The highest BCUT2D eigenvalue weighted by Gasteiger charge is 2.63. The molecule has 0 aliphatic heterocycles. The number of pyridine rings is 1. The highest BCUT2D eigenvalue weighted by atomic mass is 127. The zero-order chi connectivity index (χ0) is 29.3. The first-order valence-corrected chi connectivity index (χ1v) is 13.3. The Morgan fingerprint density at radius 1 is 1.20 bits per heavy atom. The molecule has 4 atom stereocenters. The van der Waals surface area contributed by atoms with Crippen LogP contribution in [0.4, 0.5) is 10.5 Å². The first-order chi connectivity index (χ1) is 18.8. The van der Waals surface area contributed by atoms with Crippen molar-refractivity contribution in [3.8, 4) is 17.0 Å². The van der Waals surface area contributed by atoms with Crippen LogP contribution in [0.1, 0.15) is 22.3 Å². The van der Waals surface area contributed by atoms with E-state index in [9.17, 15) is 39.6 Å². The van der Waals surface area contributed by atoms with Gasteiger partial charge in [-0.1, -0.05) is 6.07 Å². The number of aromatic nitrogens is 1. The first-order valence-electron chi connectivity index (χ1n) is 12.2. The molecule has 7 N–H and O–H groups in total. The number of carbonyl (C=O) groups excluding carboxylic acids is 4. The average Bonchev–Trinajstić information content (AvgIpc) is 2.87. The predicted octanol–water partition coefficient (Wildman–Crippen LogP) is 2.15. The second-order valence-electron chi connectivity index (χ2n) is 10.3. The number of ketones is 2. The summed E-state index contributed by atoms with van der Waals surface area (Å²) in [6, 6.07) is 5.56. The number of fused-ring (bicyclic) bond motifs is 3. The fourth-order valence-electron chi connectivity index (χ4n) is 6.27. The van der Waals surface area contributed by atoms with Crippen LogP contribution in [0.3, 0.4) is 0 Å². The average molecular weight is 660 g/mol. The molecule has 208 valence electrons. The standard InChI is InChI=1S/C27H25IN4O8/c1-32(2)19-13-8-10-7-12-11(14-5-3-4-6-30-14)9-15(31-26(28)39)20(33)17(12)21(34)16(10)23(36)27(13,40)24(37)18(22(19)35)25(29)38/h3-6,9-10,13,19,33,35-36,40H,7-8H2,1-2H3,(H2,29,38)(H,31,39)/t10-,13-,19-,27-/m0/s1. The number of phenols is 1. The molecule has 2 amide bonds. The third kappa shape index (κ3) is 3.90. The Labute approximate surface area is 241 Å². The maximum atomic E-state index is 14.0. The van der Waals surface area contributed by atoms with Gasteiger partial charge in [-0.3, -0.25) is 29.1 Å². The number of hydrogen-bond acceptors (Lipinski definition) is 10. The minimum Gasteiger partial charge on any atom is -0.510 e. The van der Waals surface area contributed by atoms with E-state index in [0.29, 0.717) is 16.8 Å². The van der Waals surface area contributed by atoms with Crippen molar-refractivity contribution >= 4 is 49.7 Å². The van der Waals surface area contributed by atoms with Gasteiger partial charge in [-0.15, -0.1) is 0 Å². The van der Waals surface area contributed by atoms with Crippen molar-refractivity contribution in [3.05, 3.63) is 64.3 Å². The number of amides is 2. The molecule has 40 heavy (non-hydrogen) atoms. The van der Waals surface area contributed by atoms with Crippen LogP contribution < -0.4 is 11.1 Å². The summed E-state index contributed by atoms with van der Waals surface area (Å²) in [6.45, 7) is 0. The number of rotatable bonds is 4. The van der Waals surface area contributed by atoms with Gasteiger partial charge in [-0.05, 0) is 56.6 Å². The molecule has 1 aromatic heterocycles. The number of hydrogen-bond donors (Lipinski definition) is 6. The molecule has 12 nitrogen and oxygen atoms in total. The van der Waals surface area contributed by atoms with Gasteiger partial charge < -0.3 is 31.5 Å². The second kappa shape index (κ2) is 9.67. The molecule has 0 saturated heterocycles. The van der Waals surface area contributed by atoms with Gasteiger partial charge in [0.1, 0.15) is 17.1 Å². The van der Waals surface area contributed by atoms with Crippen LogP contribution in [-0.4, -0.2) is 77.4 Å². The summed E-state index contributed by atoms with van der Waals surface area (Å²) in [5.74, 6) is -7.49. The fraction of sp³-hybridized carbons (Fsp3) is 0.296. The lowest BCUT2D eigenvalue weighted by molar-refractivity contribution is -0.148. The number of aliphatic hydroxyl groups excluding tert-OH is 2. The van der Waals surface area contributed by atoms with Crippen molar-refractivity contribution in [2.75, 3.05) is 19.4 Å². The Bertz CT molecular complexity index is 1570.